The molecule has 1 aromatic rings. The quantitative estimate of drug-likeness (QED) is 0.822. The van der Waals surface area contributed by atoms with Crippen molar-refractivity contribution < 1.29 is 13.2 Å². The second-order valence-electron chi connectivity index (χ2n) is 3.95. The highest BCUT2D eigenvalue weighted by Crippen LogP contribution is 2.41. The lowest BCUT2D eigenvalue weighted by atomic mass is 9.94. The van der Waals surface area contributed by atoms with Gasteiger partial charge in [-0.1, -0.05) is 6.92 Å². The van der Waals surface area contributed by atoms with Crippen molar-refractivity contribution in [2.24, 2.45) is 0 Å². The number of hydrogen-bond donors (Lipinski definition) is 2. The van der Waals surface area contributed by atoms with Crippen molar-refractivity contribution in [3.8, 4) is 0 Å². The second-order valence-corrected chi connectivity index (χ2v) is 4.76. The van der Waals surface area contributed by atoms with E-state index < -0.39 is 11.7 Å². The summed E-state index contributed by atoms with van der Waals surface area (Å²) in [5.41, 5.74) is 3.04. The van der Waals surface area contributed by atoms with Crippen molar-refractivity contribution in [2.75, 3.05) is 0 Å². The molecule has 1 aliphatic heterocycles. The molecule has 1 aromatic heterocycles. The first-order valence-corrected chi connectivity index (χ1v) is 6.12. The molecule has 2 heterocycles. The Balaban J connectivity index is 2.57. The van der Waals surface area contributed by atoms with Crippen LogP contribution in [0.5, 0.6) is 0 Å². The van der Waals surface area contributed by atoms with E-state index in [2.05, 4.69) is 31.8 Å². The van der Waals surface area contributed by atoms with Gasteiger partial charge in [0, 0.05) is 6.20 Å². The van der Waals surface area contributed by atoms with E-state index in [1.165, 1.54) is 12.3 Å². The van der Waals surface area contributed by atoms with Crippen LogP contribution in [0.3, 0.4) is 0 Å². The summed E-state index contributed by atoms with van der Waals surface area (Å²) in [4.78, 5) is 3.95. The van der Waals surface area contributed by atoms with Crippen LogP contribution in [0.4, 0.5) is 13.2 Å². The van der Waals surface area contributed by atoms with Crippen LogP contribution in [0, 0.1) is 0 Å². The first-order chi connectivity index (χ1) is 8.39. The molecule has 0 spiro atoms. The fraction of sp³-hybridized carbons (Fsp3) is 0.364. The van der Waals surface area contributed by atoms with Gasteiger partial charge in [0.2, 0.25) is 0 Å². The van der Waals surface area contributed by atoms with E-state index in [1.807, 2.05) is 6.92 Å². The number of hydrogen-bond acceptors (Lipinski definition) is 3. The van der Waals surface area contributed by atoms with Crippen molar-refractivity contribution in [1.82, 2.24) is 15.8 Å². The van der Waals surface area contributed by atoms with Gasteiger partial charge in [-0.2, -0.15) is 13.2 Å². The maximum Gasteiger partial charge on any atom is 0.417 e. The Morgan fingerprint density at radius 2 is 2.11 bits per heavy atom. The van der Waals surface area contributed by atoms with Gasteiger partial charge in [0.05, 0.1) is 5.69 Å². The van der Waals surface area contributed by atoms with Crippen molar-refractivity contribution in [2.45, 2.75) is 25.1 Å². The van der Waals surface area contributed by atoms with Crippen LogP contribution in [0.15, 0.2) is 29.0 Å². The molecule has 98 valence electrons. The fourth-order valence-electron chi connectivity index (χ4n) is 1.78. The Morgan fingerprint density at radius 3 is 2.61 bits per heavy atom. The monoisotopic (exact) mass is 321 g/mol. The molecule has 0 aromatic carbocycles. The zero-order chi connectivity index (χ0) is 13.4. The molecule has 2 rings (SSSR count). The smallest absolute Gasteiger partial charge is 0.328 e. The van der Waals surface area contributed by atoms with Crippen molar-refractivity contribution in [1.29, 1.82) is 0 Å². The first kappa shape index (κ1) is 13.4. The zero-order valence-corrected chi connectivity index (χ0v) is 11.1. The molecule has 0 saturated carbocycles. The van der Waals surface area contributed by atoms with Gasteiger partial charge in [-0.25, -0.2) is 10.4 Å². The Labute approximate surface area is 111 Å². The van der Waals surface area contributed by atoms with Crippen LogP contribution < -0.4 is 10.9 Å². The van der Waals surface area contributed by atoms with Crippen molar-refractivity contribution in [3.63, 3.8) is 0 Å². The Bertz CT molecular complexity index is 487. The van der Waals surface area contributed by atoms with E-state index >= 15 is 0 Å². The number of rotatable bonds is 2. The molecule has 3 nitrogen and oxygen atoms in total. The van der Waals surface area contributed by atoms with Gasteiger partial charge in [0.15, 0.2) is 5.54 Å². The van der Waals surface area contributed by atoms with Crippen LogP contribution in [0.25, 0.3) is 0 Å². The molecule has 1 atom stereocenters. The summed E-state index contributed by atoms with van der Waals surface area (Å²) in [6.07, 6.45) is -1.59. The Kier molecular flexibility index (Phi) is 3.37. The average molecular weight is 322 g/mol. The molecular formula is C11H11BrF3N3. The van der Waals surface area contributed by atoms with Gasteiger partial charge in [-0.15, -0.1) is 0 Å². The predicted molar refractivity (Wildman–Crippen MR) is 64.5 cm³/mol. The van der Waals surface area contributed by atoms with E-state index in [1.54, 1.807) is 6.07 Å². The molecule has 0 fully saturated rings. The van der Waals surface area contributed by atoms with E-state index in [0.29, 0.717) is 11.0 Å². The largest absolute Gasteiger partial charge is 0.417 e. The van der Waals surface area contributed by atoms with E-state index in [9.17, 15) is 13.2 Å². The zero-order valence-electron chi connectivity index (χ0n) is 9.48. The minimum atomic E-state index is -4.48. The number of halogens is 4. The lowest BCUT2D eigenvalue weighted by Crippen LogP contribution is -2.53. The molecule has 0 radical (unpaired) electrons. The van der Waals surface area contributed by atoms with E-state index in [4.69, 9.17) is 0 Å². The molecule has 0 amide bonds. The number of aryl methyl sites for hydroxylation is 1. The van der Waals surface area contributed by atoms with E-state index in [-0.39, 0.29) is 5.69 Å². The minimum Gasteiger partial charge on any atom is -0.328 e. The van der Waals surface area contributed by atoms with Gasteiger partial charge in [-0.3, -0.25) is 0 Å². The summed E-state index contributed by atoms with van der Waals surface area (Å²) in [5, 5.41) is 0. The fourth-order valence-corrected chi connectivity index (χ4v) is 2.26. The molecule has 1 unspecified atom stereocenters. The van der Waals surface area contributed by atoms with Gasteiger partial charge < -0.3 is 5.43 Å². The van der Waals surface area contributed by atoms with Crippen LogP contribution in [-0.4, -0.2) is 11.2 Å². The van der Waals surface area contributed by atoms with Gasteiger partial charge in [0.1, 0.15) is 4.60 Å². The summed E-state index contributed by atoms with van der Waals surface area (Å²) < 4.78 is 40.2. The van der Waals surface area contributed by atoms with Crippen LogP contribution in [0.2, 0.25) is 0 Å². The maximum absolute atomic E-state index is 13.3. The number of nitrogens with zero attached hydrogens (tertiary/aromatic N) is 1. The van der Waals surface area contributed by atoms with Crippen LogP contribution >= 0.6 is 15.9 Å². The Hall–Kier alpha value is -1.08. The highest BCUT2D eigenvalue weighted by molar-refractivity contribution is 9.10. The van der Waals surface area contributed by atoms with Gasteiger partial charge in [-0.05, 0) is 46.1 Å². The summed E-state index contributed by atoms with van der Waals surface area (Å²) in [6, 6.07) is 3.17. The normalized spacial score (nSPS) is 23.2. The van der Waals surface area contributed by atoms with E-state index in [0.717, 1.165) is 11.6 Å². The van der Waals surface area contributed by atoms with Crippen LogP contribution in [0.1, 0.15) is 18.2 Å². The summed E-state index contributed by atoms with van der Waals surface area (Å²) in [7, 11) is 0. The highest BCUT2D eigenvalue weighted by Gasteiger charge is 2.57. The van der Waals surface area contributed by atoms with Crippen molar-refractivity contribution >= 4 is 15.9 Å². The number of hydrazine groups is 1. The lowest BCUT2D eigenvalue weighted by molar-refractivity contribution is -0.185. The van der Waals surface area contributed by atoms with Crippen molar-refractivity contribution in [3.05, 3.63) is 40.3 Å². The molecule has 0 bridgehead atoms. The molecule has 18 heavy (non-hydrogen) atoms. The average Bonchev–Trinajstić information content (AvgIpc) is 2.77. The first-order valence-electron chi connectivity index (χ1n) is 5.33. The second kappa shape index (κ2) is 4.55. The number of alkyl halides is 3. The lowest BCUT2D eigenvalue weighted by Gasteiger charge is -2.29. The minimum absolute atomic E-state index is 0.0810. The van der Waals surface area contributed by atoms with Crippen LogP contribution in [-0.2, 0) is 12.0 Å². The Morgan fingerprint density at radius 1 is 1.39 bits per heavy atom. The summed E-state index contributed by atoms with van der Waals surface area (Å²) in [5.74, 6) is 0. The number of aromatic nitrogens is 1. The highest BCUT2D eigenvalue weighted by atomic mass is 79.9. The third-order valence-electron chi connectivity index (χ3n) is 2.80. The van der Waals surface area contributed by atoms with Gasteiger partial charge >= 0.3 is 6.18 Å². The number of pyridine rings is 1. The standard InChI is InChI=1S/C11H11BrF3N3/c1-2-7-5-8(17-9(12)6-7)10(11(13,14)15)3-4-16-18-10/h3-6,16,18H,2H2,1H3. The molecule has 1 aliphatic rings. The molecule has 0 saturated heterocycles. The third-order valence-corrected chi connectivity index (χ3v) is 3.21. The number of nitrogens with one attached hydrogen (secondary N) is 2. The predicted octanol–water partition coefficient (Wildman–Crippen LogP) is 2.79. The summed E-state index contributed by atoms with van der Waals surface area (Å²) >= 11 is 3.14. The van der Waals surface area contributed by atoms with Gasteiger partial charge in [0.25, 0.3) is 0 Å². The molecule has 2 N–H and O–H groups in total. The maximum atomic E-state index is 13.3. The topological polar surface area (TPSA) is 37.0 Å². The molecule has 0 aliphatic carbocycles. The third kappa shape index (κ3) is 2.12. The molecule has 7 heteroatoms. The molecular weight excluding hydrogens is 311 g/mol. The SMILES string of the molecule is CCc1cc(Br)nc(C2(C(F)(F)F)C=CNN2)c1. The summed E-state index contributed by atoms with van der Waals surface area (Å²) in [6.45, 7) is 1.88.